The van der Waals surface area contributed by atoms with Crippen LogP contribution in [0.15, 0.2) is 18.3 Å². The van der Waals surface area contributed by atoms with Crippen molar-refractivity contribution in [3.63, 3.8) is 0 Å². The van der Waals surface area contributed by atoms with Gasteiger partial charge in [0.15, 0.2) is 0 Å². The number of primary amides is 1. The third-order valence-electron chi connectivity index (χ3n) is 1.47. The largest absolute Gasteiger partial charge is 0.366 e. The van der Waals surface area contributed by atoms with Gasteiger partial charge < -0.3 is 10.5 Å². The van der Waals surface area contributed by atoms with E-state index in [2.05, 4.69) is 20.9 Å². The number of halogens is 1. The Hall–Kier alpha value is -0.940. The van der Waals surface area contributed by atoms with Gasteiger partial charge in [-0.25, -0.2) is 0 Å². The molecule has 70 valence electrons. The van der Waals surface area contributed by atoms with Crippen LogP contribution in [0.2, 0.25) is 0 Å². The van der Waals surface area contributed by atoms with Crippen molar-refractivity contribution in [2.75, 3.05) is 5.52 Å². The molecule has 0 aliphatic heterocycles. The van der Waals surface area contributed by atoms with Gasteiger partial charge in [-0.05, 0) is 12.1 Å². The molecule has 0 unspecified atom stereocenters. The zero-order valence-corrected chi connectivity index (χ0v) is 8.45. The standard InChI is InChI=1S/C8H9BrN2O2/c9-5-13-4-7-6(8(10)12)2-1-3-11-7/h1-3H,4-5H2,(H2,10,12). The highest BCUT2D eigenvalue weighted by atomic mass is 79.9. The first-order chi connectivity index (χ1) is 6.25. The minimum Gasteiger partial charge on any atom is -0.366 e. The van der Waals surface area contributed by atoms with Crippen molar-refractivity contribution in [3.05, 3.63) is 29.6 Å². The highest BCUT2D eigenvalue weighted by Gasteiger charge is 2.07. The second-order valence-electron chi connectivity index (χ2n) is 2.32. The Balaban J connectivity index is 2.84. The molecule has 0 aliphatic rings. The predicted molar refractivity (Wildman–Crippen MR) is 51.3 cm³/mol. The van der Waals surface area contributed by atoms with E-state index >= 15 is 0 Å². The summed E-state index contributed by atoms with van der Waals surface area (Å²) in [5, 5.41) is 0. The average molecular weight is 245 g/mol. The van der Waals surface area contributed by atoms with E-state index in [-0.39, 0.29) is 6.61 Å². The quantitative estimate of drug-likeness (QED) is 0.806. The Kier molecular flexibility index (Phi) is 3.85. The lowest BCUT2D eigenvalue weighted by Gasteiger charge is -2.03. The molecular weight excluding hydrogens is 236 g/mol. The summed E-state index contributed by atoms with van der Waals surface area (Å²) < 4.78 is 5.06. The van der Waals surface area contributed by atoms with Crippen LogP contribution in [0.1, 0.15) is 16.1 Å². The van der Waals surface area contributed by atoms with Gasteiger partial charge >= 0.3 is 0 Å². The number of hydrogen-bond acceptors (Lipinski definition) is 3. The summed E-state index contributed by atoms with van der Waals surface area (Å²) in [4.78, 5) is 14.9. The van der Waals surface area contributed by atoms with Crippen molar-refractivity contribution in [3.8, 4) is 0 Å². The van der Waals surface area contributed by atoms with E-state index in [0.29, 0.717) is 16.8 Å². The third kappa shape index (κ3) is 2.78. The van der Waals surface area contributed by atoms with Crippen LogP contribution in [0, 0.1) is 0 Å². The summed E-state index contributed by atoms with van der Waals surface area (Å²) in [5.41, 5.74) is 6.51. The molecule has 13 heavy (non-hydrogen) atoms. The molecule has 0 spiro atoms. The van der Waals surface area contributed by atoms with Crippen LogP contribution < -0.4 is 5.73 Å². The second kappa shape index (κ2) is 4.94. The molecule has 0 saturated carbocycles. The van der Waals surface area contributed by atoms with Gasteiger partial charge in [0.2, 0.25) is 0 Å². The molecule has 0 radical (unpaired) electrons. The van der Waals surface area contributed by atoms with Crippen LogP contribution in [-0.2, 0) is 11.3 Å². The first-order valence-corrected chi connectivity index (χ1v) is 4.75. The monoisotopic (exact) mass is 244 g/mol. The number of rotatable bonds is 4. The minimum absolute atomic E-state index is 0.282. The number of amides is 1. The Morgan fingerprint density at radius 1 is 1.69 bits per heavy atom. The lowest BCUT2D eigenvalue weighted by Crippen LogP contribution is -2.15. The minimum atomic E-state index is -0.485. The lowest BCUT2D eigenvalue weighted by molar-refractivity contribution is 0.0993. The molecule has 0 aromatic carbocycles. The van der Waals surface area contributed by atoms with E-state index < -0.39 is 5.91 Å². The van der Waals surface area contributed by atoms with E-state index in [1.165, 1.54) is 0 Å². The van der Waals surface area contributed by atoms with Gasteiger partial charge in [0, 0.05) is 6.20 Å². The first-order valence-electron chi connectivity index (χ1n) is 3.63. The number of alkyl halides is 1. The van der Waals surface area contributed by atoms with Gasteiger partial charge in [-0.15, -0.1) is 0 Å². The van der Waals surface area contributed by atoms with Crippen molar-refractivity contribution in [2.45, 2.75) is 6.61 Å². The topological polar surface area (TPSA) is 65.2 Å². The highest BCUT2D eigenvalue weighted by Crippen LogP contribution is 2.06. The van der Waals surface area contributed by atoms with Gasteiger partial charge in [0.25, 0.3) is 5.91 Å². The Bertz CT molecular complexity index is 304. The van der Waals surface area contributed by atoms with Gasteiger partial charge in [-0.1, -0.05) is 15.9 Å². The van der Waals surface area contributed by atoms with Crippen LogP contribution in [0.3, 0.4) is 0 Å². The normalized spacial score (nSPS) is 9.92. The third-order valence-corrected chi connectivity index (χ3v) is 1.80. The number of nitrogens with zero attached hydrogens (tertiary/aromatic N) is 1. The Morgan fingerprint density at radius 2 is 2.46 bits per heavy atom. The van der Waals surface area contributed by atoms with Crippen LogP contribution in [0.4, 0.5) is 0 Å². The fourth-order valence-corrected chi connectivity index (χ4v) is 1.07. The van der Waals surface area contributed by atoms with Gasteiger partial charge in [0.05, 0.1) is 17.9 Å². The smallest absolute Gasteiger partial charge is 0.250 e. The van der Waals surface area contributed by atoms with Crippen LogP contribution >= 0.6 is 15.9 Å². The zero-order valence-electron chi connectivity index (χ0n) is 6.87. The number of hydrogen-bond donors (Lipinski definition) is 1. The molecule has 1 amide bonds. The van der Waals surface area contributed by atoms with Crippen molar-refractivity contribution < 1.29 is 9.53 Å². The molecule has 0 bridgehead atoms. The van der Waals surface area contributed by atoms with Crippen molar-refractivity contribution >= 4 is 21.8 Å². The fourth-order valence-electron chi connectivity index (χ4n) is 0.913. The maximum absolute atomic E-state index is 10.9. The van der Waals surface area contributed by atoms with E-state index in [9.17, 15) is 4.79 Å². The summed E-state index contributed by atoms with van der Waals surface area (Å²) in [6, 6.07) is 3.29. The molecule has 1 aromatic rings. The zero-order chi connectivity index (χ0) is 9.68. The maximum atomic E-state index is 10.9. The molecule has 0 aliphatic carbocycles. The fraction of sp³-hybridized carbons (Fsp3) is 0.250. The molecule has 0 fully saturated rings. The van der Waals surface area contributed by atoms with E-state index in [1.54, 1.807) is 18.3 Å². The van der Waals surface area contributed by atoms with Crippen LogP contribution in [0.5, 0.6) is 0 Å². The van der Waals surface area contributed by atoms with Crippen LogP contribution in [-0.4, -0.2) is 16.4 Å². The predicted octanol–water partition coefficient (Wildman–Crippen LogP) is 1.05. The lowest BCUT2D eigenvalue weighted by atomic mass is 10.2. The van der Waals surface area contributed by atoms with E-state index in [4.69, 9.17) is 10.5 Å². The van der Waals surface area contributed by atoms with E-state index in [0.717, 1.165) is 0 Å². The summed E-state index contributed by atoms with van der Waals surface area (Å²) in [7, 11) is 0. The summed E-state index contributed by atoms with van der Waals surface area (Å²) in [6.45, 7) is 0.282. The number of aromatic nitrogens is 1. The highest BCUT2D eigenvalue weighted by molar-refractivity contribution is 9.09. The van der Waals surface area contributed by atoms with Crippen molar-refractivity contribution in [2.24, 2.45) is 5.73 Å². The molecule has 2 N–H and O–H groups in total. The van der Waals surface area contributed by atoms with E-state index in [1.807, 2.05) is 0 Å². The average Bonchev–Trinajstić information content (AvgIpc) is 2.15. The Morgan fingerprint density at radius 3 is 3.08 bits per heavy atom. The number of nitrogens with two attached hydrogens (primary N) is 1. The molecule has 5 heteroatoms. The molecule has 1 heterocycles. The Labute approximate surface area is 84.2 Å². The first kappa shape index (κ1) is 10.1. The maximum Gasteiger partial charge on any atom is 0.250 e. The van der Waals surface area contributed by atoms with Crippen LogP contribution in [0.25, 0.3) is 0 Å². The number of carbonyl (C=O) groups excluding carboxylic acids is 1. The van der Waals surface area contributed by atoms with Crippen molar-refractivity contribution in [1.82, 2.24) is 4.98 Å². The number of pyridine rings is 1. The summed E-state index contributed by atoms with van der Waals surface area (Å²) in [6.07, 6.45) is 1.60. The number of carbonyl (C=O) groups is 1. The molecule has 1 rings (SSSR count). The molecule has 0 atom stereocenters. The molecule has 0 saturated heterocycles. The summed E-state index contributed by atoms with van der Waals surface area (Å²) >= 11 is 3.10. The molecule has 1 aromatic heterocycles. The van der Waals surface area contributed by atoms with Gasteiger partial charge in [-0.2, -0.15) is 0 Å². The summed E-state index contributed by atoms with van der Waals surface area (Å²) in [5.74, 6) is -0.485. The SMILES string of the molecule is NC(=O)c1cccnc1COCBr. The molecule has 4 nitrogen and oxygen atoms in total. The van der Waals surface area contributed by atoms with Gasteiger partial charge in [-0.3, -0.25) is 9.78 Å². The number of ether oxygens (including phenoxy) is 1. The second-order valence-corrected chi connectivity index (χ2v) is 2.78. The molecular formula is C8H9BrN2O2. The van der Waals surface area contributed by atoms with Crippen molar-refractivity contribution in [1.29, 1.82) is 0 Å². The van der Waals surface area contributed by atoms with Gasteiger partial charge in [0.1, 0.15) is 5.52 Å².